The molecule has 0 aliphatic carbocycles. The molecule has 0 spiro atoms. The molecule has 2 heterocycles. The van der Waals surface area contributed by atoms with Gasteiger partial charge in [0.2, 0.25) is 11.8 Å². The summed E-state index contributed by atoms with van der Waals surface area (Å²) >= 11 is 0. The summed E-state index contributed by atoms with van der Waals surface area (Å²) in [6, 6.07) is 0.120. The number of carbonyl (C=O) groups excluding carboxylic acids is 2. The standard InChI is InChI=1S/C8H12N2O2/c9-8(12)5-3-4-10-6(5)1-2-7(10)11/h5-6H,1-4H2,(H2,9,12)/t5-,6-/m1/s1. The first-order chi connectivity index (χ1) is 5.70. The molecule has 2 aliphatic rings. The zero-order chi connectivity index (χ0) is 8.72. The van der Waals surface area contributed by atoms with Crippen LogP contribution in [0.25, 0.3) is 0 Å². The van der Waals surface area contributed by atoms with E-state index in [1.54, 1.807) is 4.90 Å². The molecule has 66 valence electrons. The Bertz CT molecular complexity index is 239. The SMILES string of the molecule is NC(=O)[C@@H]1CCN2C(=O)CC[C@H]12. The summed E-state index contributed by atoms with van der Waals surface area (Å²) in [4.78, 5) is 23.9. The lowest BCUT2D eigenvalue weighted by atomic mass is 9.98. The third-order valence-electron chi connectivity index (χ3n) is 2.89. The molecule has 0 unspecified atom stereocenters. The molecule has 2 aliphatic heterocycles. The van der Waals surface area contributed by atoms with Gasteiger partial charge in [-0.15, -0.1) is 0 Å². The van der Waals surface area contributed by atoms with E-state index >= 15 is 0 Å². The molecule has 0 saturated carbocycles. The zero-order valence-corrected chi connectivity index (χ0v) is 6.82. The van der Waals surface area contributed by atoms with Crippen molar-refractivity contribution in [2.75, 3.05) is 6.54 Å². The van der Waals surface area contributed by atoms with Crippen molar-refractivity contribution < 1.29 is 9.59 Å². The summed E-state index contributed by atoms with van der Waals surface area (Å²) < 4.78 is 0. The summed E-state index contributed by atoms with van der Waals surface area (Å²) in [6.45, 7) is 0.719. The number of rotatable bonds is 1. The highest BCUT2D eigenvalue weighted by molar-refractivity contribution is 5.84. The lowest BCUT2D eigenvalue weighted by Gasteiger charge is -2.17. The summed E-state index contributed by atoms with van der Waals surface area (Å²) in [5.41, 5.74) is 5.22. The average molecular weight is 168 g/mol. The van der Waals surface area contributed by atoms with Crippen molar-refractivity contribution in [3.05, 3.63) is 0 Å². The van der Waals surface area contributed by atoms with Gasteiger partial charge in [0, 0.05) is 19.0 Å². The van der Waals surface area contributed by atoms with E-state index in [1.807, 2.05) is 0 Å². The van der Waals surface area contributed by atoms with Crippen LogP contribution in [0.3, 0.4) is 0 Å². The molecular formula is C8H12N2O2. The number of carbonyl (C=O) groups is 2. The van der Waals surface area contributed by atoms with Crippen LogP contribution >= 0.6 is 0 Å². The van der Waals surface area contributed by atoms with Crippen LogP contribution < -0.4 is 5.73 Å². The second kappa shape index (κ2) is 2.47. The minimum Gasteiger partial charge on any atom is -0.369 e. The lowest BCUT2D eigenvalue weighted by Crippen LogP contribution is -2.35. The number of fused-ring (bicyclic) bond motifs is 1. The van der Waals surface area contributed by atoms with E-state index in [9.17, 15) is 9.59 Å². The third kappa shape index (κ3) is 0.906. The summed E-state index contributed by atoms with van der Waals surface area (Å²) in [6.07, 6.45) is 2.16. The normalized spacial score (nSPS) is 34.0. The average Bonchev–Trinajstić information content (AvgIpc) is 2.53. The van der Waals surface area contributed by atoms with Crippen LogP contribution in [-0.2, 0) is 9.59 Å². The van der Waals surface area contributed by atoms with Gasteiger partial charge < -0.3 is 10.6 Å². The summed E-state index contributed by atoms with van der Waals surface area (Å²) in [5, 5.41) is 0. The largest absolute Gasteiger partial charge is 0.369 e. The predicted octanol–water partition coefficient (Wildman–Crippen LogP) is -0.517. The van der Waals surface area contributed by atoms with Gasteiger partial charge >= 0.3 is 0 Å². The second-order valence-corrected chi connectivity index (χ2v) is 3.49. The Balaban J connectivity index is 2.15. The molecule has 0 aromatic heterocycles. The Morgan fingerprint density at radius 3 is 2.92 bits per heavy atom. The van der Waals surface area contributed by atoms with Gasteiger partial charge in [-0.25, -0.2) is 0 Å². The van der Waals surface area contributed by atoms with Crippen molar-refractivity contribution in [1.29, 1.82) is 0 Å². The van der Waals surface area contributed by atoms with Gasteiger partial charge in [0.15, 0.2) is 0 Å². The molecule has 2 N–H and O–H groups in total. The second-order valence-electron chi connectivity index (χ2n) is 3.49. The van der Waals surface area contributed by atoms with Gasteiger partial charge in [0.1, 0.15) is 0 Å². The van der Waals surface area contributed by atoms with E-state index in [0.717, 1.165) is 19.4 Å². The van der Waals surface area contributed by atoms with Gasteiger partial charge in [0.05, 0.1) is 5.92 Å². The minimum absolute atomic E-state index is 0.0866. The Kier molecular flexibility index (Phi) is 1.56. The fourth-order valence-electron chi connectivity index (χ4n) is 2.27. The Morgan fingerprint density at radius 2 is 2.25 bits per heavy atom. The van der Waals surface area contributed by atoms with Crippen LogP contribution in [0, 0.1) is 5.92 Å². The van der Waals surface area contributed by atoms with Crippen LogP contribution in [0.1, 0.15) is 19.3 Å². The molecule has 0 radical (unpaired) electrons. The number of amides is 2. The molecule has 0 bridgehead atoms. The fraction of sp³-hybridized carbons (Fsp3) is 0.750. The maximum atomic E-state index is 11.2. The molecule has 2 amide bonds. The van der Waals surface area contributed by atoms with Crippen LogP contribution in [0.5, 0.6) is 0 Å². The number of primary amides is 1. The Labute approximate surface area is 70.7 Å². The maximum Gasteiger partial charge on any atom is 0.222 e. The fourth-order valence-corrected chi connectivity index (χ4v) is 2.27. The molecule has 12 heavy (non-hydrogen) atoms. The van der Waals surface area contributed by atoms with E-state index in [0.29, 0.717) is 6.42 Å². The van der Waals surface area contributed by atoms with Crippen LogP contribution in [0.15, 0.2) is 0 Å². The molecule has 0 aromatic carbocycles. The van der Waals surface area contributed by atoms with E-state index in [-0.39, 0.29) is 23.8 Å². The van der Waals surface area contributed by atoms with Gasteiger partial charge in [-0.2, -0.15) is 0 Å². The van der Waals surface area contributed by atoms with E-state index in [1.165, 1.54) is 0 Å². The lowest BCUT2D eigenvalue weighted by molar-refractivity contribution is -0.128. The smallest absolute Gasteiger partial charge is 0.222 e. The van der Waals surface area contributed by atoms with Crippen molar-refractivity contribution in [2.24, 2.45) is 11.7 Å². The monoisotopic (exact) mass is 168 g/mol. The quantitative estimate of drug-likeness (QED) is 0.572. The maximum absolute atomic E-state index is 11.2. The number of hydrogen-bond donors (Lipinski definition) is 1. The van der Waals surface area contributed by atoms with E-state index < -0.39 is 0 Å². The topological polar surface area (TPSA) is 63.4 Å². The molecule has 2 fully saturated rings. The van der Waals surface area contributed by atoms with Gasteiger partial charge in [-0.3, -0.25) is 9.59 Å². The number of hydrogen-bond acceptors (Lipinski definition) is 2. The first-order valence-corrected chi connectivity index (χ1v) is 4.29. The van der Waals surface area contributed by atoms with Gasteiger partial charge in [0.25, 0.3) is 0 Å². The molecular weight excluding hydrogens is 156 g/mol. The molecule has 4 nitrogen and oxygen atoms in total. The predicted molar refractivity (Wildman–Crippen MR) is 42.0 cm³/mol. The number of nitrogens with two attached hydrogens (primary N) is 1. The molecule has 2 rings (SSSR count). The molecule has 2 saturated heterocycles. The van der Waals surface area contributed by atoms with Crippen molar-refractivity contribution in [2.45, 2.75) is 25.3 Å². The highest BCUT2D eigenvalue weighted by atomic mass is 16.2. The Morgan fingerprint density at radius 1 is 1.50 bits per heavy atom. The van der Waals surface area contributed by atoms with Crippen molar-refractivity contribution >= 4 is 11.8 Å². The van der Waals surface area contributed by atoms with Crippen LogP contribution in [-0.4, -0.2) is 29.3 Å². The van der Waals surface area contributed by atoms with Crippen LogP contribution in [0.2, 0.25) is 0 Å². The summed E-state index contributed by atoms with van der Waals surface area (Å²) in [7, 11) is 0. The highest BCUT2D eigenvalue weighted by Gasteiger charge is 2.43. The van der Waals surface area contributed by atoms with Crippen molar-refractivity contribution in [3.63, 3.8) is 0 Å². The first kappa shape index (κ1) is 7.58. The van der Waals surface area contributed by atoms with E-state index in [2.05, 4.69) is 0 Å². The number of nitrogens with zero attached hydrogens (tertiary/aromatic N) is 1. The minimum atomic E-state index is -0.253. The van der Waals surface area contributed by atoms with Crippen LogP contribution in [0.4, 0.5) is 0 Å². The van der Waals surface area contributed by atoms with E-state index in [4.69, 9.17) is 5.73 Å². The summed E-state index contributed by atoms with van der Waals surface area (Å²) in [5.74, 6) is -0.155. The Hall–Kier alpha value is -1.06. The van der Waals surface area contributed by atoms with Gasteiger partial charge in [-0.05, 0) is 12.8 Å². The molecule has 4 heteroatoms. The van der Waals surface area contributed by atoms with Crippen molar-refractivity contribution in [3.8, 4) is 0 Å². The first-order valence-electron chi connectivity index (χ1n) is 4.29. The molecule has 2 atom stereocenters. The highest BCUT2D eigenvalue weighted by Crippen LogP contribution is 2.33. The van der Waals surface area contributed by atoms with Gasteiger partial charge in [-0.1, -0.05) is 0 Å². The van der Waals surface area contributed by atoms with Crippen molar-refractivity contribution in [1.82, 2.24) is 4.90 Å². The molecule has 0 aromatic rings. The third-order valence-corrected chi connectivity index (χ3v) is 2.89. The zero-order valence-electron chi connectivity index (χ0n) is 6.82.